The van der Waals surface area contributed by atoms with Crippen molar-refractivity contribution in [2.24, 2.45) is 0 Å². The first-order chi connectivity index (χ1) is 18.0. The first-order valence-corrected chi connectivity index (χ1v) is 9.93. The van der Waals surface area contributed by atoms with Gasteiger partial charge in [0.1, 0.15) is 17.2 Å². The van der Waals surface area contributed by atoms with Crippen molar-refractivity contribution in [3.05, 3.63) is 88.0 Å². The van der Waals surface area contributed by atoms with Crippen molar-refractivity contribution in [3.8, 4) is 17.2 Å². The molecule has 0 aromatic heterocycles. The number of carboxylic acids is 6. The molecule has 0 amide bonds. The molecule has 3 aromatic rings. The molecule has 3 rings (SSSR count). The smallest absolute Gasteiger partial charge is 0.335 e. The summed E-state index contributed by atoms with van der Waals surface area (Å²) >= 11 is 0. The molecule has 210 valence electrons. The van der Waals surface area contributed by atoms with Crippen molar-refractivity contribution >= 4 is 35.8 Å². The second-order valence-electron chi connectivity index (χ2n) is 7.14. The number of carbonyl (C=O) groups is 6. The van der Waals surface area contributed by atoms with E-state index < -0.39 is 35.8 Å². The minimum atomic E-state index is -1.28. The van der Waals surface area contributed by atoms with Crippen LogP contribution in [0, 0.1) is 71.2 Å². The monoisotopic (exact) mass is 824 g/mol. The van der Waals surface area contributed by atoms with Crippen LogP contribution in [0.25, 0.3) is 0 Å². The van der Waals surface area contributed by atoms with E-state index in [1.807, 2.05) is 0 Å². The van der Waals surface area contributed by atoms with Crippen LogP contribution in [0.5, 0.6) is 17.2 Å². The summed E-state index contributed by atoms with van der Waals surface area (Å²) in [4.78, 5) is 62.5. The minimum Gasteiger partial charge on any atom is -0.508 e. The standard InChI is InChI=1S/3C8H6O5.2La/c3*9-6-2-4(7(10)11)1-5(3-6)8(12)13;;/h3*1-3,9H,(H,10,11)(H,12,13);;. The number of aromatic hydroxyl groups is 3. The maximum atomic E-state index is 10.4. The second-order valence-corrected chi connectivity index (χ2v) is 7.14. The van der Waals surface area contributed by atoms with Crippen LogP contribution in [-0.2, 0) is 0 Å². The molecule has 0 unspecified atom stereocenters. The molecule has 0 saturated heterocycles. The number of hydrogen-bond donors (Lipinski definition) is 9. The van der Waals surface area contributed by atoms with Crippen LogP contribution >= 0.6 is 0 Å². The molecule has 0 atom stereocenters. The van der Waals surface area contributed by atoms with E-state index in [-0.39, 0.29) is 122 Å². The molecule has 15 nitrogen and oxygen atoms in total. The molecule has 0 aliphatic heterocycles. The Morgan fingerprint density at radius 2 is 0.439 bits per heavy atom. The Morgan fingerprint density at radius 3 is 0.537 bits per heavy atom. The van der Waals surface area contributed by atoms with Crippen molar-refractivity contribution in [1.29, 1.82) is 0 Å². The van der Waals surface area contributed by atoms with Crippen LogP contribution in [0.4, 0.5) is 0 Å². The molecule has 3 aromatic carbocycles. The van der Waals surface area contributed by atoms with Gasteiger partial charge in [-0.05, 0) is 54.6 Å². The Morgan fingerprint density at radius 1 is 0.317 bits per heavy atom. The molecular weight excluding hydrogens is 806 g/mol. The maximum Gasteiger partial charge on any atom is 0.335 e. The fourth-order valence-corrected chi connectivity index (χ4v) is 2.57. The summed E-state index contributed by atoms with van der Waals surface area (Å²) in [6, 6.07) is 8.82. The third-order valence-corrected chi connectivity index (χ3v) is 4.24. The fourth-order valence-electron chi connectivity index (χ4n) is 2.57. The van der Waals surface area contributed by atoms with Crippen molar-refractivity contribution in [2.75, 3.05) is 0 Å². The second kappa shape index (κ2) is 17.9. The van der Waals surface area contributed by atoms with Crippen molar-refractivity contribution in [1.82, 2.24) is 0 Å². The Hall–Kier alpha value is -3.73. The third kappa shape index (κ3) is 13.5. The predicted octanol–water partition coefficient (Wildman–Crippen LogP) is 2.37. The summed E-state index contributed by atoms with van der Waals surface area (Å²) in [5, 5.41) is 78.0. The van der Waals surface area contributed by atoms with E-state index in [0.717, 1.165) is 54.6 Å². The molecule has 0 bridgehead atoms. The molecule has 0 aliphatic rings. The van der Waals surface area contributed by atoms with E-state index >= 15 is 0 Å². The topological polar surface area (TPSA) is 284 Å². The number of aromatic carboxylic acids is 6. The molecule has 0 heterocycles. The first kappa shape index (κ1) is 39.4. The van der Waals surface area contributed by atoms with Crippen molar-refractivity contribution in [2.45, 2.75) is 0 Å². The molecule has 9 N–H and O–H groups in total. The quantitative estimate of drug-likeness (QED) is 0.173. The summed E-state index contributed by atoms with van der Waals surface area (Å²) in [6.45, 7) is 0. The van der Waals surface area contributed by atoms with Gasteiger partial charge in [0.2, 0.25) is 0 Å². The molecule has 0 spiro atoms. The minimum absolute atomic E-state index is 0. The summed E-state index contributed by atoms with van der Waals surface area (Å²) in [7, 11) is 0. The number of hydrogen-bond acceptors (Lipinski definition) is 9. The molecule has 0 fully saturated rings. The van der Waals surface area contributed by atoms with Gasteiger partial charge < -0.3 is 46.0 Å². The van der Waals surface area contributed by atoms with E-state index in [1.54, 1.807) is 0 Å². The van der Waals surface area contributed by atoms with E-state index in [0.29, 0.717) is 0 Å². The maximum absolute atomic E-state index is 10.4. The Labute approximate surface area is 284 Å². The number of rotatable bonds is 6. The van der Waals surface area contributed by atoms with Crippen molar-refractivity contribution in [3.63, 3.8) is 0 Å². The van der Waals surface area contributed by atoms with E-state index in [1.165, 1.54) is 0 Å². The molecule has 0 saturated carbocycles. The van der Waals surface area contributed by atoms with Gasteiger partial charge in [-0.2, -0.15) is 0 Å². The zero-order valence-corrected chi connectivity index (χ0v) is 27.6. The van der Waals surface area contributed by atoms with Gasteiger partial charge in [0.05, 0.1) is 33.4 Å². The average Bonchev–Trinajstić information content (AvgIpc) is 2.83. The number of carboxylic acid groups (broad SMARTS) is 6. The van der Waals surface area contributed by atoms with Gasteiger partial charge in [-0.3, -0.25) is 0 Å². The molecule has 2 radical (unpaired) electrons. The van der Waals surface area contributed by atoms with E-state index in [9.17, 15) is 28.8 Å². The van der Waals surface area contributed by atoms with E-state index in [4.69, 9.17) is 46.0 Å². The first-order valence-electron chi connectivity index (χ1n) is 9.93. The summed E-state index contributed by atoms with van der Waals surface area (Å²) in [5.41, 5.74) is -1.51. The Kier molecular flexibility index (Phi) is 17.2. The molecular formula is C24H18La2O15. The van der Waals surface area contributed by atoms with Gasteiger partial charge in [-0.1, -0.05) is 0 Å². The van der Waals surface area contributed by atoms with E-state index in [2.05, 4.69) is 0 Å². The van der Waals surface area contributed by atoms with Crippen LogP contribution in [-0.4, -0.2) is 81.8 Å². The van der Waals surface area contributed by atoms with Gasteiger partial charge >= 0.3 is 35.8 Å². The number of phenolic OH excluding ortho intramolecular Hbond substituents is 3. The van der Waals surface area contributed by atoms with Crippen LogP contribution in [0.15, 0.2) is 54.6 Å². The zero-order valence-electron chi connectivity index (χ0n) is 20.3. The molecule has 41 heavy (non-hydrogen) atoms. The van der Waals surface area contributed by atoms with Crippen LogP contribution in [0.3, 0.4) is 0 Å². The third-order valence-electron chi connectivity index (χ3n) is 4.24. The summed E-state index contributed by atoms with van der Waals surface area (Å²) < 4.78 is 0. The van der Waals surface area contributed by atoms with Gasteiger partial charge in [0, 0.05) is 71.2 Å². The fraction of sp³-hybridized carbons (Fsp3) is 0. The van der Waals surface area contributed by atoms with Gasteiger partial charge in [-0.15, -0.1) is 0 Å². The molecule has 0 aliphatic carbocycles. The van der Waals surface area contributed by atoms with Crippen LogP contribution in [0.1, 0.15) is 62.1 Å². The van der Waals surface area contributed by atoms with Gasteiger partial charge in [0.25, 0.3) is 0 Å². The largest absolute Gasteiger partial charge is 0.508 e. The normalized spacial score (nSPS) is 9.07. The van der Waals surface area contributed by atoms with Gasteiger partial charge in [0.15, 0.2) is 0 Å². The Bertz CT molecular complexity index is 1200. The zero-order chi connectivity index (χ0) is 30.0. The van der Waals surface area contributed by atoms with Crippen molar-refractivity contribution < 1.29 is 146 Å². The summed E-state index contributed by atoms with van der Waals surface area (Å²) in [5.74, 6) is -8.81. The number of benzene rings is 3. The Balaban J connectivity index is 0. The number of phenols is 3. The SMILES string of the molecule is O=C(O)c1cc(O)cc(C(=O)O)c1.O=C(O)c1cc(O)cc(C(=O)O)c1.O=C(O)c1cc(O)cc(C(=O)O)c1.[La].[La]. The predicted molar refractivity (Wildman–Crippen MR) is 126 cm³/mol. The van der Waals surface area contributed by atoms with Gasteiger partial charge in [-0.25, -0.2) is 28.8 Å². The van der Waals surface area contributed by atoms with Crippen LogP contribution < -0.4 is 0 Å². The average molecular weight is 824 g/mol. The van der Waals surface area contributed by atoms with Crippen LogP contribution in [0.2, 0.25) is 0 Å². The molecule has 17 heteroatoms. The summed E-state index contributed by atoms with van der Waals surface area (Å²) in [6.07, 6.45) is 0.